The van der Waals surface area contributed by atoms with Crippen molar-refractivity contribution in [3.8, 4) is 11.5 Å². The lowest BCUT2D eigenvalue weighted by Crippen LogP contribution is -2.43. The van der Waals surface area contributed by atoms with Gasteiger partial charge in [-0.1, -0.05) is 18.2 Å². The highest BCUT2D eigenvalue weighted by Crippen LogP contribution is 2.26. The molecule has 3 rings (SSSR count). The lowest BCUT2D eigenvalue weighted by atomic mass is 10.1. The van der Waals surface area contributed by atoms with E-state index in [0.717, 1.165) is 4.90 Å². The Morgan fingerprint density at radius 3 is 2.58 bits per heavy atom. The average molecular weight is 361 g/mol. The lowest BCUT2D eigenvalue weighted by Gasteiger charge is -2.27. The van der Waals surface area contributed by atoms with E-state index in [9.17, 15) is 14.0 Å². The lowest BCUT2D eigenvalue weighted by molar-refractivity contribution is 0.0211. The molecule has 0 saturated carbocycles. The number of halogens is 1. The van der Waals surface area contributed by atoms with Crippen LogP contribution >= 0.6 is 0 Å². The first-order chi connectivity index (χ1) is 12.2. The maximum Gasteiger partial charge on any atom is 0.411 e. The van der Waals surface area contributed by atoms with Crippen LogP contribution in [0.1, 0.15) is 37.9 Å². The Kier molecular flexibility index (Phi) is 4.76. The quantitative estimate of drug-likeness (QED) is 0.780. The molecule has 1 aliphatic rings. The summed E-state index contributed by atoms with van der Waals surface area (Å²) in [6.45, 7) is 4.91. The summed E-state index contributed by atoms with van der Waals surface area (Å²) in [5, 5.41) is 7.62. The Labute approximate surface area is 150 Å². The third kappa shape index (κ3) is 3.89. The van der Waals surface area contributed by atoms with Crippen molar-refractivity contribution in [2.75, 3.05) is 6.54 Å². The Bertz CT molecular complexity index is 800. The molecule has 0 bridgehead atoms. The van der Waals surface area contributed by atoms with Gasteiger partial charge < -0.3 is 9.15 Å². The minimum atomic E-state index is -1.31. The summed E-state index contributed by atoms with van der Waals surface area (Å²) >= 11 is 0. The largest absolute Gasteiger partial charge is 0.444 e. The van der Waals surface area contributed by atoms with Crippen LogP contribution in [0.25, 0.3) is 11.5 Å². The van der Waals surface area contributed by atoms with E-state index in [-0.39, 0.29) is 24.7 Å². The van der Waals surface area contributed by atoms with Crippen molar-refractivity contribution in [3.63, 3.8) is 0 Å². The van der Waals surface area contributed by atoms with Crippen LogP contribution in [0.2, 0.25) is 0 Å². The van der Waals surface area contributed by atoms with Gasteiger partial charge >= 0.3 is 6.09 Å². The number of carbonyl (C=O) groups excluding carboxylic acids is 2. The summed E-state index contributed by atoms with van der Waals surface area (Å²) in [7, 11) is 0. The van der Waals surface area contributed by atoms with Gasteiger partial charge in [0.25, 0.3) is 5.89 Å². The van der Waals surface area contributed by atoms with Crippen molar-refractivity contribution in [2.45, 2.75) is 45.0 Å². The molecule has 1 amide bonds. The molecule has 1 aromatic heterocycles. The molecule has 2 heterocycles. The molecule has 8 heteroatoms. The molecule has 1 saturated heterocycles. The second kappa shape index (κ2) is 6.86. The van der Waals surface area contributed by atoms with Crippen LogP contribution in [-0.2, 0) is 4.74 Å². The molecule has 26 heavy (non-hydrogen) atoms. The fourth-order valence-corrected chi connectivity index (χ4v) is 2.72. The minimum Gasteiger partial charge on any atom is -0.444 e. The number of ketones is 1. The fourth-order valence-electron chi connectivity index (χ4n) is 2.72. The molecular weight excluding hydrogens is 341 g/mol. The fraction of sp³-hybridized carbons (Fsp3) is 0.444. The first-order valence-corrected chi connectivity index (χ1v) is 8.31. The van der Waals surface area contributed by atoms with E-state index in [4.69, 9.17) is 9.15 Å². The van der Waals surface area contributed by atoms with Gasteiger partial charge in [0, 0.05) is 12.0 Å². The number of hydrogen-bond acceptors (Lipinski definition) is 6. The SMILES string of the molecule is CC(C)(C)OC(=O)N1C[C@@H](F)C[C@H]1C(=O)c1nnc(-c2ccccc2)o1. The van der Waals surface area contributed by atoms with E-state index in [0.29, 0.717) is 5.56 Å². The van der Waals surface area contributed by atoms with E-state index in [1.54, 1.807) is 45.0 Å². The number of aromatic nitrogens is 2. The number of ether oxygens (including phenoxy) is 1. The third-order valence-electron chi connectivity index (χ3n) is 3.84. The smallest absolute Gasteiger partial charge is 0.411 e. The van der Waals surface area contributed by atoms with Crippen LogP contribution < -0.4 is 0 Å². The number of nitrogens with zero attached hydrogens (tertiary/aromatic N) is 3. The van der Waals surface area contributed by atoms with Crippen LogP contribution in [0.3, 0.4) is 0 Å². The average Bonchev–Trinajstić information content (AvgIpc) is 3.20. The van der Waals surface area contributed by atoms with Gasteiger partial charge in [0.2, 0.25) is 11.7 Å². The number of alkyl halides is 1. The summed E-state index contributed by atoms with van der Waals surface area (Å²) < 4.78 is 24.6. The predicted molar refractivity (Wildman–Crippen MR) is 90.3 cm³/mol. The molecule has 2 atom stereocenters. The first kappa shape index (κ1) is 18.0. The zero-order valence-electron chi connectivity index (χ0n) is 14.8. The zero-order chi connectivity index (χ0) is 18.9. The minimum absolute atomic E-state index is 0.124. The normalized spacial score (nSPS) is 20.2. The maximum absolute atomic E-state index is 13.9. The molecule has 0 radical (unpaired) electrons. The molecule has 7 nitrogen and oxygen atoms in total. The van der Waals surface area contributed by atoms with E-state index >= 15 is 0 Å². The summed E-state index contributed by atoms with van der Waals surface area (Å²) in [6.07, 6.45) is -2.17. The zero-order valence-corrected chi connectivity index (χ0v) is 14.8. The predicted octanol–water partition coefficient (Wildman–Crippen LogP) is 3.27. The monoisotopic (exact) mass is 361 g/mol. The highest BCUT2D eigenvalue weighted by Gasteiger charge is 2.43. The van der Waals surface area contributed by atoms with Crippen molar-refractivity contribution in [1.82, 2.24) is 15.1 Å². The van der Waals surface area contributed by atoms with Gasteiger partial charge in [-0.3, -0.25) is 9.69 Å². The van der Waals surface area contributed by atoms with Crippen LogP contribution in [0.5, 0.6) is 0 Å². The van der Waals surface area contributed by atoms with E-state index in [1.807, 2.05) is 6.07 Å². The van der Waals surface area contributed by atoms with Crippen molar-refractivity contribution in [1.29, 1.82) is 0 Å². The number of rotatable bonds is 3. The number of Topliss-reactive ketones (excluding diaryl/α,β-unsaturated/α-hetero) is 1. The molecule has 0 unspecified atom stereocenters. The van der Waals surface area contributed by atoms with Gasteiger partial charge in [-0.2, -0.15) is 0 Å². The van der Waals surface area contributed by atoms with Crippen molar-refractivity contribution >= 4 is 11.9 Å². The van der Waals surface area contributed by atoms with E-state index in [2.05, 4.69) is 10.2 Å². The van der Waals surface area contributed by atoms with Crippen LogP contribution in [0, 0.1) is 0 Å². The molecule has 2 aromatic rings. The number of benzene rings is 1. The highest BCUT2D eigenvalue weighted by molar-refractivity contribution is 5.98. The second-order valence-electron chi connectivity index (χ2n) is 7.12. The topological polar surface area (TPSA) is 85.5 Å². The van der Waals surface area contributed by atoms with Crippen LogP contribution in [-0.4, -0.2) is 51.3 Å². The molecule has 138 valence electrons. The molecule has 0 N–H and O–H groups in total. The van der Waals surface area contributed by atoms with Gasteiger partial charge in [-0.25, -0.2) is 9.18 Å². The molecule has 1 aromatic carbocycles. The van der Waals surface area contributed by atoms with E-state index in [1.165, 1.54) is 0 Å². The summed E-state index contributed by atoms with van der Waals surface area (Å²) in [5.41, 5.74) is -0.0813. The molecule has 0 aliphatic carbocycles. The van der Waals surface area contributed by atoms with Gasteiger partial charge in [-0.05, 0) is 32.9 Å². The number of amides is 1. The Balaban J connectivity index is 1.79. The van der Waals surface area contributed by atoms with Gasteiger partial charge in [0.05, 0.1) is 6.54 Å². The van der Waals surface area contributed by atoms with Crippen molar-refractivity contribution in [2.24, 2.45) is 0 Å². The highest BCUT2D eigenvalue weighted by atomic mass is 19.1. The Hall–Kier alpha value is -2.77. The maximum atomic E-state index is 13.9. The van der Waals surface area contributed by atoms with Crippen molar-refractivity contribution < 1.29 is 23.1 Å². The van der Waals surface area contributed by atoms with Gasteiger partial charge in [0.1, 0.15) is 17.8 Å². The summed E-state index contributed by atoms with van der Waals surface area (Å²) in [6, 6.07) is 7.95. The first-order valence-electron chi connectivity index (χ1n) is 8.31. The van der Waals surface area contributed by atoms with Gasteiger partial charge in [0.15, 0.2) is 0 Å². The molecule has 1 aliphatic heterocycles. The standard InChI is InChI=1S/C18H20FN3O4/c1-18(2,3)26-17(24)22-10-12(19)9-13(22)14(23)16-21-20-15(25-16)11-7-5-4-6-8-11/h4-8,12-13H,9-10H2,1-3H3/t12-,13-/m0/s1. The Morgan fingerprint density at radius 2 is 1.92 bits per heavy atom. The van der Waals surface area contributed by atoms with Crippen molar-refractivity contribution in [3.05, 3.63) is 36.2 Å². The molecular formula is C18H20FN3O4. The molecule has 1 fully saturated rings. The second-order valence-corrected chi connectivity index (χ2v) is 7.12. The molecule has 0 spiro atoms. The van der Waals surface area contributed by atoms with Crippen LogP contribution in [0.4, 0.5) is 9.18 Å². The number of likely N-dealkylation sites (tertiary alicyclic amines) is 1. The third-order valence-corrected chi connectivity index (χ3v) is 3.84. The van der Waals surface area contributed by atoms with Gasteiger partial charge in [-0.15, -0.1) is 10.2 Å². The summed E-state index contributed by atoms with van der Waals surface area (Å²) in [5.74, 6) is -0.658. The van der Waals surface area contributed by atoms with Crippen LogP contribution in [0.15, 0.2) is 34.7 Å². The number of hydrogen-bond donors (Lipinski definition) is 0. The number of carbonyl (C=O) groups is 2. The van der Waals surface area contributed by atoms with E-state index < -0.39 is 29.7 Å². The summed E-state index contributed by atoms with van der Waals surface area (Å²) in [4.78, 5) is 26.1. The Morgan fingerprint density at radius 1 is 1.23 bits per heavy atom.